The minimum Gasteiger partial charge on any atom is -0.496 e. The number of nitrogens with zero attached hydrogens (tertiary/aromatic N) is 2. The highest BCUT2D eigenvalue weighted by molar-refractivity contribution is 6.02. The minimum absolute atomic E-state index is 0.249. The number of hydrogen-bond acceptors (Lipinski definition) is 8. The molecule has 0 aliphatic carbocycles. The van der Waals surface area contributed by atoms with Gasteiger partial charge in [-0.1, -0.05) is 12.1 Å². The van der Waals surface area contributed by atoms with Crippen LogP contribution in [0.2, 0.25) is 0 Å². The van der Waals surface area contributed by atoms with E-state index >= 15 is 0 Å². The molecule has 0 amide bonds. The summed E-state index contributed by atoms with van der Waals surface area (Å²) in [6, 6.07) is 20.1. The number of fused-ring (bicyclic) bond motifs is 1. The third-order valence-corrected chi connectivity index (χ3v) is 5.14. The number of rotatable bonds is 7. The van der Waals surface area contributed by atoms with Crippen LogP contribution in [0.5, 0.6) is 23.0 Å². The van der Waals surface area contributed by atoms with Crippen molar-refractivity contribution in [2.75, 3.05) is 26.6 Å². The number of aromatic nitrogens is 1. The van der Waals surface area contributed by atoms with Crippen molar-refractivity contribution in [3.63, 3.8) is 0 Å². The summed E-state index contributed by atoms with van der Waals surface area (Å²) in [5, 5.41) is 13.6. The molecule has 0 saturated carbocycles. The molecule has 0 aliphatic rings. The first-order valence-electron chi connectivity index (χ1n) is 10.2. The number of esters is 1. The van der Waals surface area contributed by atoms with Gasteiger partial charge in [-0.2, -0.15) is 5.26 Å². The van der Waals surface area contributed by atoms with Gasteiger partial charge in [0.25, 0.3) is 0 Å². The topological polar surface area (TPSA) is 103 Å². The number of carbonyl (C=O) groups excluding carboxylic acids is 1. The van der Waals surface area contributed by atoms with E-state index in [2.05, 4.69) is 16.4 Å². The third kappa shape index (κ3) is 4.40. The van der Waals surface area contributed by atoms with Crippen LogP contribution in [-0.4, -0.2) is 32.3 Å². The van der Waals surface area contributed by atoms with Gasteiger partial charge in [-0.05, 0) is 48.5 Å². The molecule has 4 rings (SSSR count). The van der Waals surface area contributed by atoms with Gasteiger partial charge >= 0.3 is 5.97 Å². The Kier molecular flexibility index (Phi) is 6.46. The molecule has 1 N–H and O–H groups in total. The third-order valence-electron chi connectivity index (χ3n) is 5.14. The predicted molar refractivity (Wildman–Crippen MR) is 127 cm³/mol. The summed E-state index contributed by atoms with van der Waals surface area (Å²) >= 11 is 0. The molecule has 1 heterocycles. The second-order valence-corrected chi connectivity index (χ2v) is 7.12. The number of methoxy groups -OCH3 is 3. The molecule has 0 unspecified atom stereocenters. The first-order valence-corrected chi connectivity index (χ1v) is 10.2. The summed E-state index contributed by atoms with van der Waals surface area (Å²) in [5.41, 5.74) is 2.38. The molecular formula is C26H21N3O5. The number of ether oxygens (including phenoxy) is 4. The Hall–Kier alpha value is -4.77. The zero-order valence-electron chi connectivity index (χ0n) is 18.8. The Morgan fingerprint density at radius 1 is 0.941 bits per heavy atom. The van der Waals surface area contributed by atoms with Crippen LogP contribution in [0.25, 0.3) is 10.9 Å². The smallest absolute Gasteiger partial charge is 0.341 e. The summed E-state index contributed by atoms with van der Waals surface area (Å²) in [4.78, 5) is 16.4. The molecular weight excluding hydrogens is 434 g/mol. The van der Waals surface area contributed by atoms with Gasteiger partial charge in [0, 0.05) is 17.3 Å². The van der Waals surface area contributed by atoms with Crippen LogP contribution >= 0.6 is 0 Å². The summed E-state index contributed by atoms with van der Waals surface area (Å²) < 4.78 is 21.5. The highest BCUT2D eigenvalue weighted by Crippen LogP contribution is 2.35. The first-order chi connectivity index (χ1) is 16.6. The fraction of sp³-hybridized carbons (Fsp3) is 0.115. The number of nitrogens with one attached hydrogen (secondary N) is 1. The van der Waals surface area contributed by atoms with E-state index < -0.39 is 5.97 Å². The van der Waals surface area contributed by atoms with E-state index in [1.54, 1.807) is 31.4 Å². The van der Waals surface area contributed by atoms with Crippen molar-refractivity contribution < 1.29 is 23.7 Å². The summed E-state index contributed by atoms with van der Waals surface area (Å²) in [6.07, 6.45) is 1.46. The normalized spacial score (nSPS) is 10.3. The van der Waals surface area contributed by atoms with Crippen molar-refractivity contribution in [3.05, 3.63) is 78.0 Å². The molecule has 0 aliphatic heterocycles. The van der Waals surface area contributed by atoms with Crippen molar-refractivity contribution in [3.8, 4) is 29.1 Å². The minimum atomic E-state index is -0.537. The van der Waals surface area contributed by atoms with Crippen molar-refractivity contribution >= 4 is 28.2 Å². The molecule has 34 heavy (non-hydrogen) atoms. The Morgan fingerprint density at radius 3 is 2.29 bits per heavy atom. The largest absolute Gasteiger partial charge is 0.496 e. The molecule has 8 heteroatoms. The molecule has 0 bridgehead atoms. The van der Waals surface area contributed by atoms with Gasteiger partial charge < -0.3 is 24.3 Å². The zero-order valence-corrected chi connectivity index (χ0v) is 18.8. The molecule has 0 spiro atoms. The van der Waals surface area contributed by atoms with Crippen LogP contribution < -0.4 is 19.5 Å². The average molecular weight is 455 g/mol. The molecule has 0 radical (unpaired) electrons. The summed E-state index contributed by atoms with van der Waals surface area (Å²) in [6.45, 7) is 0. The van der Waals surface area contributed by atoms with Gasteiger partial charge in [-0.3, -0.25) is 4.98 Å². The Morgan fingerprint density at radius 2 is 1.65 bits per heavy atom. The van der Waals surface area contributed by atoms with Crippen LogP contribution in [0.1, 0.15) is 15.9 Å². The van der Waals surface area contributed by atoms with Crippen molar-refractivity contribution in [2.24, 2.45) is 0 Å². The summed E-state index contributed by atoms with van der Waals surface area (Å²) in [5.74, 6) is 1.64. The second-order valence-electron chi connectivity index (χ2n) is 7.12. The number of hydrogen-bond donors (Lipinski definition) is 1. The maximum absolute atomic E-state index is 12.1. The van der Waals surface area contributed by atoms with Crippen LogP contribution in [0, 0.1) is 11.3 Å². The number of benzene rings is 3. The molecule has 0 saturated heterocycles. The second kappa shape index (κ2) is 9.79. The highest BCUT2D eigenvalue weighted by Gasteiger charge is 2.18. The molecule has 3 aromatic carbocycles. The van der Waals surface area contributed by atoms with E-state index in [4.69, 9.17) is 18.9 Å². The first kappa shape index (κ1) is 22.4. The lowest BCUT2D eigenvalue weighted by Gasteiger charge is -2.15. The Labute approximate surface area is 196 Å². The highest BCUT2D eigenvalue weighted by atomic mass is 16.5. The van der Waals surface area contributed by atoms with Crippen LogP contribution in [0.15, 0.2) is 66.9 Å². The van der Waals surface area contributed by atoms with Gasteiger partial charge in [0.05, 0.1) is 38.1 Å². The lowest BCUT2D eigenvalue weighted by atomic mass is 10.1. The van der Waals surface area contributed by atoms with Crippen molar-refractivity contribution in [1.29, 1.82) is 5.26 Å². The molecule has 4 aromatic rings. The Balaban J connectivity index is 1.68. The summed E-state index contributed by atoms with van der Waals surface area (Å²) in [7, 11) is 4.35. The van der Waals surface area contributed by atoms with E-state index in [9.17, 15) is 10.1 Å². The molecule has 0 atom stereocenters. The van der Waals surface area contributed by atoms with Gasteiger partial charge in [0.15, 0.2) is 11.5 Å². The molecule has 1 aromatic heterocycles. The number of para-hydroxylation sites is 2. The van der Waals surface area contributed by atoms with E-state index in [0.29, 0.717) is 45.2 Å². The van der Waals surface area contributed by atoms with Gasteiger partial charge in [-0.25, -0.2) is 4.79 Å². The number of anilines is 2. The van der Waals surface area contributed by atoms with Gasteiger partial charge in [0.2, 0.25) is 0 Å². The van der Waals surface area contributed by atoms with E-state index in [1.165, 1.54) is 20.4 Å². The van der Waals surface area contributed by atoms with Gasteiger partial charge in [-0.15, -0.1) is 0 Å². The number of nitriles is 1. The van der Waals surface area contributed by atoms with Crippen molar-refractivity contribution in [2.45, 2.75) is 0 Å². The lowest BCUT2D eigenvalue weighted by Crippen LogP contribution is -2.05. The lowest BCUT2D eigenvalue weighted by molar-refractivity contribution is 0.0597. The molecule has 8 nitrogen and oxygen atoms in total. The SMILES string of the molecule is COC(=O)c1cc2ncc(C#N)c(Nc3ccc(Oc4ccccc4OC)cc3)c2cc1OC. The maximum atomic E-state index is 12.1. The fourth-order valence-corrected chi connectivity index (χ4v) is 3.46. The quantitative estimate of drug-likeness (QED) is 0.367. The van der Waals surface area contributed by atoms with E-state index in [1.807, 2.05) is 36.4 Å². The predicted octanol–water partition coefficient (Wildman–Crippen LogP) is 5.45. The van der Waals surface area contributed by atoms with Crippen molar-refractivity contribution in [1.82, 2.24) is 4.98 Å². The number of carbonyl (C=O) groups is 1. The zero-order chi connectivity index (χ0) is 24.1. The van der Waals surface area contributed by atoms with E-state index in [0.717, 1.165) is 5.69 Å². The fourth-order valence-electron chi connectivity index (χ4n) is 3.46. The maximum Gasteiger partial charge on any atom is 0.341 e. The van der Waals surface area contributed by atoms with Crippen LogP contribution in [-0.2, 0) is 4.74 Å². The standard InChI is InChI=1S/C26H21N3O5/c1-31-22-6-4-5-7-23(22)34-18-10-8-17(9-11-18)29-25-16(14-27)15-28-21-12-20(26(30)33-3)24(32-2)13-19(21)25/h4-13,15H,1-3H3,(H,28,29). The Bertz CT molecular complexity index is 1390. The average Bonchev–Trinajstić information content (AvgIpc) is 2.89. The van der Waals surface area contributed by atoms with E-state index in [-0.39, 0.29) is 5.56 Å². The van der Waals surface area contributed by atoms with Crippen LogP contribution in [0.4, 0.5) is 11.4 Å². The van der Waals surface area contributed by atoms with Gasteiger partial charge in [0.1, 0.15) is 23.1 Å². The van der Waals surface area contributed by atoms with Crippen LogP contribution in [0.3, 0.4) is 0 Å². The molecule has 170 valence electrons. The monoisotopic (exact) mass is 455 g/mol. The number of pyridine rings is 1. The molecule has 0 fully saturated rings.